The Labute approximate surface area is 121 Å². The predicted molar refractivity (Wildman–Crippen MR) is 78.7 cm³/mol. The number of nitrogens with zero attached hydrogens (tertiary/aromatic N) is 4. The van der Waals surface area contributed by atoms with Crippen LogP contribution in [0.1, 0.15) is 31.5 Å². The van der Waals surface area contributed by atoms with Gasteiger partial charge in [0.15, 0.2) is 5.65 Å². The van der Waals surface area contributed by atoms with Crippen LogP contribution in [0.2, 0.25) is 0 Å². The fraction of sp³-hybridized carbons (Fsp3) is 0.615. The smallest absolute Gasteiger partial charge is 0.349 e. The number of nitrogens with one attached hydrogen (secondary N) is 1. The minimum atomic E-state index is -0.249. The number of alkyl halides is 1. The molecule has 20 heavy (non-hydrogen) atoms. The molecule has 0 bridgehead atoms. The summed E-state index contributed by atoms with van der Waals surface area (Å²) in [5, 5.41) is 6.49. The summed E-state index contributed by atoms with van der Waals surface area (Å²) < 4.78 is 1.48. The van der Waals surface area contributed by atoms with Crippen LogP contribution in [0.15, 0.2) is 10.9 Å². The van der Waals surface area contributed by atoms with E-state index in [1.165, 1.54) is 30.1 Å². The lowest BCUT2D eigenvalue weighted by atomic mass is 10.2. The number of aryl methyl sites for hydroxylation is 1. The Kier molecular flexibility index (Phi) is 3.65. The number of anilines is 1. The predicted octanol–water partition coefficient (Wildman–Crippen LogP) is 1.71. The molecule has 0 amide bonds. The number of halogens is 1. The molecule has 1 aliphatic rings. The molecule has 7 heteroatoms. The lowest BCUT2D eigenvalue weighted by Crippen LogP contribution is -2.36. The van der Waals surface area contributed by atoms with Gasteiger partial charge in [0.1, 0.15) is 11.6 Å². The van der Waals surface area contributed by atoms with E-state index in [4.69, 9.17) is 11.6 Å². The third-order valence-corrected chi connectivity index (χ3v) is 4.11. The van der Waals surface area contributed by atoms with Crippen LogP contribution in [0, 0.1) is 6.92 Å². The standard InChI is InChI=1S/C13H18ClN5O/c1-9-15-11(8-12-16-17-13(20)19(9)12)18(7-6-14)10-4-2-3-5-10/h8,10H,2-7H2,1H3,(H,17,20). The van der Waals surface area contributed by atoms with Crippen LogP contribution in [0.3, 0.4) is 0 Å². The molecular weight excluding hydrogens is 278 g/mol. The first kappa shape index (κ1) is 13.4. The van der Waals surface area contributed by atoms with Crippen LogP contribution < -0.4 is 10.6 Å². The number of H-pyrrole nitrogens is 1. The molecule has 6 nitrogen and oxygen atoms in total. The summed E-state index contributed by atoms with van der Waals surface area (Å²) >= 11 is 5.94. The van der Waals surface area contributed by atoms with Gasteiger partial charge in [-0.15, -0.1) is 11.6 Å². The van der Waals surface area contributed by atoms with Crippen molar-refractivity contribution < 1.29 is 0 Å². The molecule has 0 aromatic carbocycles. The Morgan fingerprint density at radius 1 is 1.50 bits per heavy atom. The molecule has 0 radical (unpaired) electrons. The van der Waals surface area contributed by atoms with Crippen LogP contribution in [0.4, 0.5) is 5.82 Å². The Morgan fingerprint density at radius 2 is 2.25 bits per heavy atom. The molecule has 1 N–H and O–H groups in total. The van der Waals surface area contributed by atoms with Gasteiger partial charge in [0.05, 0.1) is 0 Å². The summed E-state index contributed by atoms with van der Waals surface area (Å²) in [5.74, 6) is 2.07. The third kappa shape index (κ3) is 2.28. The topological polar surface area (TPSA) is 66.3 Å². The minimum Gasteiger partial charge on any atom is -0.352 e. The number of aromatic nitrogens is 4. The molecule has 2 heterocycles. The van der Waals surface area contributed by atoms with Crippen molar-refractivity contribution in [3.8, 4) is 0 Å². The van der Waals surface area contributed by atoms with Crippen molar-refractivity contribution in [1.29, 1.82) is 0 Å². The molecule has 3 rings (SSSR count). The average Bonchev–Trinajstić information content (AvgIpc) is 3.06. The average molecular weight is 296 g/mol. The van der Waals surface area contributed by atoms with E-state index in [1.54, 1.807) is 0 Å². The summed E-state index contributed by atoms with van der Waals surface area (Å²) in [6.45, 7) is 2.59. The second kappa shape index (κ2) is 5.44. The summed E-state index contributed by atoms with van der Waals surface area (Å²) in [5.41, 5.74) is 0.358. The number of aromatic amines is 1. The van der Waals surface area contributed by atoms with Crippen molar-refractivity contribution in [3.05, 3.63) is 22.4 Å². The maximum absolute atomic E-state index is 11.6. The molecule has 0 aliphatic heterocycles. The summed E-state index contributed by atoms with van der Waals surface area (Å²) in [7, 11) is 0. The van der Waals surface area contributed by atoms with Gasteiger partial charge in [0, 0.05) is 24.5 Å². The molecule has 0 spiro atoms. The van der Waals surface area contributed by atoms with Crippen LogP contribution in [-0.4, -0.2) is 38.0 Å². The highest BCUT2D eigenvalue weighted by molar-refractivity contribution is 6.18. The Balaban J connectivity index is 2.03. The molecule has 0 unspecified atom stereocenters. The first-order valence-corrected chi connectivity index (χ1v) is 7.51. The van der Waals surface area contributed by atoms with E-state index in [0.717, 1.165) is 12.4 Å². The normalized spacial score (nSPS) is 16.1. The zero-order chi connectivity index (χ0) is 14.1. The fourth-order valence-electron chi connectivity index (χ4n) is 3.02. The molecule has 1 aliphatic carbocycles. The molecule has 1 saturated carbocycles. The zero-order valence-electron chi connectivity index (χ0n) is 11.5. The van der Waals surface area contributed by atoms with Crippen LogP contribution in [-0.2, 0) is 0 Å². The summed E-state index contributed by atoms with van der Waals surface area (Å²) in [4.78, 5) is 18.5. The Bertz CT molecular complexity index is 658. The van der Waals surface area contributed by atoms with E-state index in [9.17, 15) is 4.79 Å². The van der Waals surface area contributed by atoms with Gasteiger partial charge in [0.2, 0.25) is 0 Å². The summed E-state index contributed by atoms with van der Waals surface area (Å²) in [6, 6.07) is 2.35. The Morgan fingerprint density at radius 3 is 2.95 bits per heavy atom. The lowest BCUT2D eigenvalue weighted by Gasteiger charge is -2.29. The van der Waals surface area contributed by atoms with Crippen molar-refractivity contribution in [3.63, 3.8) is 0 Å². The maximum atomic E-state index is 11.6. The number of fused-ring (bicyclic) bond motifs is 1. The third-order valence-electron chi connectivity index (χ3n) is 3.94. The number of hydrogen-bond donors (Lipinski definition) is 1. The van der Waals surface area contributed by atoms with Gasteiger partial charge in [0.25, 0.3) is 0 Å². The van der Waals surface area contributed by atoms with Crippen molar-refractivity contribution in [2.75, 3.05) is 17.3 Å². The number of rotatable bonds is 4. The van der Waals surface area contributed by atoms with Gasteiger partial charge in [-0.25, -0.2) is 19.3 Å². The molecule has 1 fully saturated rings. The highest BCUT2D eigenvalue weighted by atomic mass is 35.5. The monoisotopic (exact) mass is 295 g/mol. The van der Waals surface area contributed by atoms with E-state index in [1.807, 2.05) is 13.0 Å². The molecule has 108 valence electrons. The minimum absolute atomic E-state index is 0.249. The van der Waals surface area contributed by atoms with Gasteiger partial charge >= 0.3 is 5.69 Å². The van der Waals surface area contributed by atoms with Crippen LogP contribution in [0.25, 0.3) is 5.65 Å². The Hall–Kier alpha value is -1.56. The second-order valence-electron chi connectivity index (χ2n) is 5.20. The molecular formula is C13H18ClN5O. The lowest BCUT2D eigenvalue weighted by molar-refractivity contribution is 0.612. The molecule has 0 saturated heterocycles. The van der Waals surface area contributed by atoms with E-state index in [0.29, 0.717) is 23.4 Å². The van der Waals surface area contributed by atoms with Crippen LogP contribution in [0.5, 0.6) is 0 Å². The van der Waals surface area contributed by atoms with E-state index >= 15 is 0 Å². The molecule has 0 atom stereocenters. The first-order chi connectivity index (χ1) is 9.70. The fourth-order valence-corrected chi connectivity index (χ4v) is 3.20. The molecule has 2 aromatic rings. The van der Waals surface area contributed by atoms with Crippen molar-refractivity contribution >= 4 is 23.1 Å². The van der Waals surface area contributed by atoms with Crippen molar-refractivity contribution in [2.24, 2.45) is 0 Å². The number of hydrogen-bond acceptors (Lipinski definition) is 4. The maximum Gasteiger partial charge on any atom is 0.349 e. The first-order valence-electron chi connectivity index (χ1n) is 6.98. The van der Waals surface area contributed by atoms with Crippen molar-refractivity contribution in [1.82, 2.24) is 19.6 Å². The van der Waals surface area contributed by atoms with Crippen LogP contribution >= 0.6 is 11.6 Å². The van der Waals surface area contributed by atoms with E-state index < -0.39 is 0 Å². The van der Waals surface area contributed by atoms with E-state index in [-0.39, 0.29) is 5.69 Å². The second-order valence-corrected chi connectivity index (χ2v) is 5.58. The quantitative estimate of drug-likeness (QED) is 0.872. The zero-order valence-corrected chi connectivity index (χ0v) is 12.2. The van der Waals surface area contributed by atoms with Crippen molar-refractivity contribution in [2.45, 2.75) is 38.6 Å². The largest absolute Gasteiger partial charge is 0.352 e. The highest BCUT2D eigenvalue weighted by Gasteiger charge is 2.24. The summed E-state index contributed by atoms with van der Waals surface area (Å²) in [6.07, 6.45) is 4.87. The SMILES string of the molecule is Cc1nc(N(CCCl)C2CCCC2)cc2n[nH]c(=O)n12. The van der Waals surface area contributed by atoms with Gasteiger partial charge in [-0.2, -0.15) is 5.10 Å². The van der Waals surface area contributed by atoms with Gasteiger partial charge in [-0.1, -0.05) is 12.8 Å². The van der Waals surface area contributed by atoms with E-state index in [2.05, 4.69) is 20.1 Å². The van der Waals surface area contributed by atoms with Gasteiger partial charge < -0.3 is 4.90 Å². The van der Waals surface area contributed by atoms with Gasteiger partial charge in [-0.3, -0.25) is 0 Å². The molecule has 2 aromatic heterocycles. The highest BCUT2D eigenvalue weighted by Crippen LogP contribution is 2.27. The van der Waals surface area contributed by atoms with Gasteiger partial charge in [-0.05, 0) is 19.8 Å².